The van der Waals surface area contributed by atoms with Crippen LogP contribution in [0.5, 0.6) is 0 Å². The van der Waals surface area contributed by atoms with E-state index in [0.29, 0.717) is 11.5 Å². The molecule has 0 aromatic heterocycles. The van der Waals surface area contributed by atoms with E-state index in [9.17, 15) is 8.60 Å². The lowest BCUT2D eigenvalue weighted by molar-refractivity contribution is 0.623. The average Bonchev–Trinajstić information content (AvgIpc) is 2.32. The van der Waals surface area contributed by atoms with Gasteiger partial charge in [0.05, 0.1) is 5.56 Å². The van der Waals surface area contributed by atoms with E-state index < -0.39 is 16.6 Å². The lowest BCUT2D eigenvalue weighted by Crippen LogP contribution is -2.01. The Morgan fingerprint density at radius 1 is 1.41 bits per heavy atom. The molecule has 0 aliphatic heterocycles. The van der Waals surface area contributed by atoms with E-state index in [1.807, 2.05) is 0 Å². The van der Waals surface area contributed by atoms with Gasteiger partial charge in [-0.25, -0.2) is 4.39 Å². The minimum atomic E-state index is -0.921. The lowest BCUT2D eigenvalue weighted by atomic mass is 10.1. The minimum Gasteiger partial charge on any atom is -0.259 e. The van der Waals surface area contributed by atoms with Gasteiger partial charge in [-0.2, -0.15) is 5.26 Å². The Morgan fingerprint density at radius 3 is 2.82 bits per heavy atom. The normalized spacial score (nSPS) is 12.1. The molecule has 1 rings (SSSR count). The van der Waals surface area contributed by atoms with Crippen LogP contribution in [0.2, 0.25) is 0 Å². The van der Waals surface area contributed by atoms with Crippen molar-refractivity contribution in [3.05, 3.63) is 35.1 Å². The Labute approximate surface area is 104 Å². The number of halogens is 1. The first-order chi connectivity index (χ1) is 8.17. The number of unbranched alkanes of at least 4 members (excludes halogenated alkanes) is 2. The SMILES string of the molecule is CCCCCS(=O)Cc1ccc(F)c(C#N)c1. The fourth-order valence-corrected chi connectivity index (χ4v) is 2.74. The molecule has 1 unspecified atom stereocenters. The molecule has 0 bridgehead atoms. The summed E-state index contributed by atoms with van der Waals surface area (Å²) in [5, 5.41) is 8.68. The van der Waals surface area contributed by atoms with Crippen molar-refractivity contribution in [1.29, 1.82) is 5.26 Å². The minimum absolute atomic E-state index is 0.0214. The fraction of sp³-hybridized carbons (Fsp3) is 0.462. The van der Waals surface area contributed by atoms with Gasteiger partial charge in [0.25, 0.3) is 0 Å². The predicted octanol–water partition coefficient (Wildman–Crippen LogP) is 3.14. The van der Waals surface area contributed by atoms with Crippen LogP contribution in [0.4, 0.5) is 4.39 Å². The Bertz CT molecular complexity index is 440. The molecule has 0 saturated heterocycles. The van der Waals surface area contributed by atoms with E-state index in [1.54, 1.807) is 12.1 Å². The van der Waals surface area contributed by atoms with Crippen LogP contribution in [0, 0.1) is 17.1 Å². The van der Waals surface area contributed by atoms with Crippen LogP contribution in [0.15, 0.2) is 18.2 Å². The Kier molecular flexibility index (Phi) is 5.85. The second kappa shape index (κ2) is 7.18. The van der Waals surface area contributed by atoms with Crippen molar-refractivity contribution in [2.45, 2.75) is 31.9 Å². The molecule has 1 aromatic carbocycles. The third kappa shape index (κ3) is 4.66. The Balaban J connectivity index is 2.57. The Hall–Kier alpha value is -1.21. The zero-order valence-electron chi connectivity index (χ0n) is 9.91. The summed E-state index contributed by atoms with van der Waals surface area (Å²) in [6.07, 6.45) is 3.14. The highest BCUT2D eigenvalue weighted by Crippen LogP contribution is 2.12. The van der Waals surface area contributed by atoms with Gasteiger partial charge in [0, 0.05) is 22.3 Å². The molecule has 17 heavy (non-hydrogen) atoms. The maximum absolute atomic E-state index is 13.1. The van der Waals surface area contributed by atoms with Gasteiger partial charge in [0.1, 0.15) is 11.9 Å². The first kappa shape index (κ1) is 13.9. The molecule has 0 fully saturated rings. The summed E-state index contributed by atoms with van der Waals surface area (Å²) in [5.74, 6) is 0.555. The van der Waals surface area contributed by atoms with Gasteiger partial charge >= 0.3 is 0 Å². The van der Waals surface area contributed by atoms with E-state index in [1.165, 1.54) is 12.1 Å². The van der Waals surface area contributed by atoms with Crippen LogP contribution in [-0.4, -0.2) is 9.96 Å². The van der Waals surface area contributed by atoms with Gasteiger partial charge in [0.15, 0.2) is 0 Å². The third-order valence-corrected chi connectivity index (χ3v) is 3.85. The smallest absolute Gasteiger partial charge is 0.140 e. The summed E-state index contributed by atoms with van der Waals surface area (Å²) in [4.78, 5) is 0. The molecule has 1 atom stereocenters. The number of nitriles is 1. The molecule has 0 heterocycles. The summed E-state index contributed by atoms with van der Waals surface area (Å²) in [5.41, 5.74) is 0.783. The van der Waals surface area contributed by atoms with Crippen LogP contribution in [0.25, 0.3) is 0 Å². The Morgan fingerprint density at radius 2 is 2.18 bits per heavy atom. The standard InChI is InChI=1S/C13H16FNOS/c1-2-3-4-7-17(16)10-11-5-6-13(14)12(8-11)9-15/h5-6,8H,2-4,7,10H2,1H3. The molecule has 0 aliphatic rings. The van der Waals surface area contributed by atoms with Crippen LogP contribution in [-0.2, 0) is 16.6 Å². The lowest BCUT2D eigenvalue weighted by Gasteiger charge is -2.03. The van der Waals surface area contributed by atoms with E-state index in [4.69, 9.17) is 5.26 Å². The summed E-state index contributed by atoms with van der Waals surface area (Å²) < 4.78 is 24.8. The molecule has 0 amide bonds. The molecule has 92 valence electrons. The van der Waals surface area contributed by atoms with Crippen LogP contribution in [0.1, 0.15) is 37.3 Å². The van der Waals surface area contributed by atoms with Gasteiger partial charge in [-0.3, -0.25) is 4.21 Å². The summed E-state index contributed by atoms with van der Waals surface area (Å²) in [7, 11) is -0.921. The van der Waals surface area contributed by atoms with Gasteiger partial charge in [0.2, 0.25) is 0 Å². The summed E-state index contributed by atoms with van der Waals surface area (Å²) >= 11 is 0. The second-order valence-corrected chi connectivity index (χ2v) is 5.50. The van der Waals surface area contributed by atoms with Crippen molar-refractivity contribution in [2.75, 3.05) is 5.75 Å². The highest BCUT2D eigenvalue weighted by atomic mass is 32.2. The first-order valence-corrected chi connectivity index (χ1v) is 7.19. The molecule has 0 N–H and O–H groups in total. The van der Waals surface area contributed by atoms with E-state index >= 15 is 0 Å². The van der Waals surface area contributed by atoms with E-state index in [-0.39, 0.29) is 5.56 Å². The maximum Gasteiger partial charge on any atom is 0.140 e. The topological polar surface area (TPSA) is 40.9 Å². The molecule has 4 heteroatoms. The molecule has 2 nitrogen and oxygen atoms in total. The summed E-state index contributed by atoms with van der Waals surface area (Å²) in [6, 6.07) is 6.12. The molecule has 0 radical (unpaired) electrons. The first-order valence-electron chi connectivity index (χ1n) is 5.71. The summed E-state index contributed by atoms with van der Waals surface area (Å²) in [6.45, 7) is 2.10. The molecule has 0 saturated carbocycles. The number of benzene rings is 1. The average molecular weight is 253 g/mol. The van der Waals surface area contributed by atoms with Gasteiger partial charge in [-0.15, -0.1) is 0 Å². The highest BCUT2D eigenvalue weighted by Gasteiger charge is 2.06. The van der Waals surface area contributed by atoms with Crippen molar-refractivity contribution < 1.29 is 8.60 Å². The van der Waals surface area contributed by atoms with Gasteiger partial charge < -0.3 is 0 Å². The van der Waals surface area contributed by atoms with Gasteiger partial charge in [-0.05, 0) is 24.1 Å². The van der Waals surface area contributed by atoms with Crippen LogP contribution < -0.4 is 0 Å². The van der Waals surface area contributed by atoms with Crippen LogP contribution >= 0.6 is 0 Å². The zero-order chi connectivity index (χ0) is 12.7. The monoisotopic (exact) mass is 253 g/mol. The second-order valence-electron chi connectivity index (χ2n) is 3.92. The number of nitrogens with zero attached hydrogens (tertiary/aromatic N) is 1. The van der Waals surface area contributed by atoms with Crippen molar-refractivity contribution >= 4 is 10.8 Å². The highest BCUT2D eigenvalue weighted by molar-refractivity contribution is 7.84. The van der Waals surface area contributed by atoms with E-state index in [0.717, 1.165) is 24.8 Å². The quantitative estimate of drug-likeness (QED) is 0.731. The molecule has 0 spiro atoms. The number of hydrogen-bond acceptors (Lipinski definition) is 2. The number of rotatable bonds is 6. The van der Waals surface area contributed by atoms with Crippen molar-refractivity contribution in [3.8, 4) is 6.07 Å². The molecular formula is C13H16FNOS. The van der Waals surface area contributed by atoms with Crippen molar-refractivity contribution in [1.82, 2.24) is 0 Å². The molecular weight excluding hydrogens is 237 g/mol. The van der Waals surface area contributed by atoms with Gasteiger partial charge in [-0.1, -0.05) is 25.8 Å². The zero-order valence-corrected chi connectivity index (χ0v) is 10.7. The largest absolute Gasteiger partial charge is 0.259 e. The third-order valence-electron chi connectivity index (χ3n) is 2.45. The van der Waals surface area contributed by atoms with Crippen molar-refractivity contribution in [2.24, 2.45) is 0 Å². The number of hydrogen-bond donors (Lipinski definition) is 0. The van der Waals surface area contributed by atoms with Crippen molar-refractivity contribution in [3.63, 3.8) is 0 Å². The van der Waals surface area contributed by atoms with E-state index in [2.05, 4.69) is 6.92 Å². The maximum atomic E-state index is 13.1. The fourth-order valence-electron chi connectivity index (χ4n) is 1.52. The molecule has 1 aromatic rings. The molecule has 0 aliphatic carbocycles. The van der Waals surface area contributed by atoms with Crippen LogP contribution in [0.3, 0.4) is 0 Å². The predicted molar refractivity (Wildman–Crippen MR) is 67.4 cm³/mol.